The van der Waals surface area contributed by atoms with Crippen molar-refractivity contribution >= 4 is 11.8 Å². The highest BCUT2D eigenvalue weighted by atomic mass is 16.5. The van der Waals surface area contributed by atoms with E-state index in [1.54, 1.807) is 0 Å². The van der Waals surface area contributed by atoms with Gasteiger partial charge in [-0.25, -0.2) is 0 Å². The van der Waals surface area contributed by atoms with E-state index in [2.05, 4.69) is 27.7 Å². The number of hydrogen-bond donors (Lipinski definition) is 1. The smallest absolute Gasteiger partial charge is 0.302 e. The van der Waals surface area contributed by atoms with E-state index in [0.717, 1.165) is 25.7 Å². The van der Waals surface area contributed by atoms with Crippen LogP contribution in [0.5, 0.6) is 0 Å². The number of ether oxygens (including phenoxy) is 1. The fourth-order valence-electron chi connectivity index (χ4n) is 8.26. The van der Waals surface area contributed by atoms with Gasteiger partial charge >= 0.3 is 5.97 Å². The Morgan fingerprint density at radius 1 is 1.24 bits per heavy atom. The molecule has 4 aliphatic rings. The zero-order chi connectivity index (χ0) is 21.1. The maximum absolute atomic E-state index is 12.1. The van der Waals surface area contributed by atoms with Gasteiger partial charge in [-0.1, -0.05) is 33.3 Å². The van der Waals surface area contributed by atoms with Crippen molar-refractivity contribution in [2.75, 3.05) is 6.61 Å². The number of carbonyl (C=O) groups is 2. The summed E-state index contributed by atoms with van der Waals surface area (Å²) in [6.07, 6.45) is 7.71. The molecule has 4 aliphatic carbocycles. The van der Waals surface area contributed by atoms with Gasteiger partial charge in [-0.05, 0) is 78.6 Å². The molecule has 0 bridgehead atoms. The number of carbonyl (C=O) groups excluding carboxylic acids is 2. The Kier molecular flexibility index (Phi) is 5.25. The largest absolute Gasteiger partial charge is 0.466 e. The lowest BCUT2D eigenvalue weighted by Gasteiger charge is -2.61. The second-order valence-corrected chi connectivity index (χ2v) is 11.1. The predicted octanol–water partition coefficient (Wildman–Crippen LogP) is 4.55. The van der Waals surface area contributed by atoms with E-state index in [1.807, 2.05) is 6.08 Å². The fraction of sp³-hybridized carbons (Fsp3) is 0.840. The summed E-state index contributed by atoms with van der Waals surface area (Å²) < 4.78 is 5.35. The summed E-state index contributed by atoms with van der Waals surface area (Å²) in [6, 6.07) is 0. The van der Waals surface area contributed by atoms with Crippen molar-refractivity contribution in [3.8, 4) is 0 Å². The average molecular weight is 403 g/mol. The summed E-state index contributed by atoms with van der Waals surface area (Å²) in [4.78, 5) is 23.4. The van der Waals surface area contributed by atoms with Crippen LogP contribution in [0, 0.1) is 46.3 Å². The Labute approximate surface area is 175 Å². The van der Waals surface area contributed by atoms with Crippen molar-refractivity contribution in [1.29, 1.82) is 0 Å². The third-order valence-electron chi connectivity index (χ3n) is 9.72. The normalized spacial score (nSPS) is 47.5. The Morgan fingerprint density at radius 2 is 1.97 bits per heavy atom. The molecule has 0 aromatic carbocycles. The molecule has 0 aromatic heterocycles. The first-order chi connectivity index (χ1) is 13.6. The summed E-state index contributed by atoms with van der Waals surface area (Å²) >= 11 is 0. The molecule has 4 nitrogen and oxygen atoms in total. The highest BCUT2D eigenvalue weighted by Gasteiger charge is 2.63. The van der Waals surface area contributed by atoms with Gasteiger partial charge in [-0.3, -0.25) is 9.59 Å². The minimum atomic E-state index is -0.364. The Bertz CT molecular complexity index is 726. The van der Waals surface area contributed by atoms with Gasteiger partial charge in [0.05, 0.1) is 12.7 Å². The van der Waals surface area contributed by atoms with Crippen LogP contribution in [0.25, 0.3) is 0 Å². The van der Waals surface area contributed by atoms with Crippen LogP contribution in [0.4, 0.5) is 0 Å². The molecule has 162 valence electrons. The molecule has 3 fully saturated rings. The number of fused-ring (bicyclic) bond motifs is 5. The van der Waals surface area contributed by atoms with Crippen LogP contribution >= 0.6 is 0 Å². The molecule has 4 rings (SSSR count). The third-order valence-corrected chi connectivity index (χ3v) is 9.72. The van der Waals surface area contributed by atoms with Crippen LogP contribution in [0.2, 0.25) is 0 Å². The zero-order valence-electron chi connectivity index (χ0n) is 18.7. The number of esters is 1. The molecule has 0 amide bonds. The standard InChI is InChI=1S/C25H38O4/c1-14(13-29-16(3)26)18-6-7-19-22-20(9-11-24(18,19)4)25(5)10-8-17(27)12-21(25)15(2)23(22)28/h12,14-15,18-20,22-23,28H,6-11,13H2,1-5H3/t14-,15+,18-,19?,20?,22?,23-,24-,25-/m1/s1. The van der Waals surface area contributed by atoms with Crippen molar-refractivity contribution in [3.63, 3.8) is 0 Å². The monoisotopic (exact) mass is 402 g/mol. The maximum atomic E-state index is 12.1. The van der Waals surface area contributed by atoms with Crippen molar-refractivity contribution in [1.82, 2.24) is 0 Å². The number of aliphatic hydroxyl groups is 1. The number of hydrogen-bond acceptors (Lipinski definition) is 4. The molecule has 0 heterocycles. The number of rotatable bonds is 3. The molecule has 0 aromatic rings. The number of ketones is 1. The van der Waals surface area contributed by atoms with Crippen molar-refractivity contribution < 1.29 is 19.4 Å². The van der Waals surface area contributed by atoms with E-state index < -0.39 is 0 Å². The fourth-order valence-corrected chi connectivity index (χ4v) is 8.26. The molecule has 29 heavy (non-hydrogen) atoms. The summed E-state index contributed by atoms with van der Waals surface area (Å²) in [5.41, 5.74) is 1.47. The van der Waals surface area contributed by atoms with Gasteiger partial charge in [0.2, 0.25) is 0 Å². The van der Waals surface area contributed by atoms with Gasteiger partial charge in [0.1, 0.15) is 0 Å². The minimum Gasteiger partial charge on any atom is -0.466 e. The lowest BCUT2D eigenvalue weighted by molar-refractivity contribution is -0.146. The van der Waals surface area contributed by atoms with E-state index in [4.69, 9.17) is 4.74 Å². The Balaban J connectivity index is 1.63. The van der Waals surface area contributed by atoms with Gasteiger partial charge in [0.25, 0.3) is 0 Å². The van der Waals surface area contributed by atoms with Gasteiger partial charge in [0.15, 0.2) is 5.78 Å². The topological polar surface area (TPSA) is 63.6 Å². The molecule has 0 aliphatic heterocycles. The van der Waals surface area contributed by atoms with E-state index in [9.17, 15) is 14.7 Å². The van der Waals surface area contributed by atoms with Crippen LogP contribution < -0.4 is 0 Å². The molecule has 0 spiro atoms. The molecule has 9 atom stereocenters. The minimum absolute atomic E-state index is 0.0556. The first-order valence-electron chi connectivity index (χ1n) is 11.7. The Morgan fingerprint density at radius 3 is 2.66 bits per heavy atom. The Hall–Kier alpha value is -1.16. The highest BCUT2D eigenvalue weighted by molar-refractivity contribution is 5.91. The molecular weight excluding hydrogens is 364 g/mol. The first kappa shape index (κ1) is 21.1. The summed E-state index contributed by atoms with van der Waals surface area (Å²) in [6.45, 7) is 11.1. The van der Waals surface area contributed by atoms with Crippen molar-refractivity contribution in [3.05, 3.63) is 11.6 Å². The van der Waals surface area contributed by atoms with Crippen LogP contribution in [0.3, 0.4) is 0 Å². The van der Waals surface area contributed by atoms with Crippen molar-refractivity contribution in [2.24, 2.45) is 46.3 Å². The molecular formula is C25H38O4. The SMILES string of the molecule is CC(=O)OC[C@@H](C)[C@H]1CCC2C3C(CC[C@@]21C)[C@@]1(C)CCC(=O)C=C1[C@H](C)[C@H]3O. The third kappa shape index (κ3) is 3.12. The van der Waals surface area contributed by atoms with Crippen LogP contribution in [0.1, 0.15) is 73.1 Å². The second kappa shape index (κ2) is 7.21. The van der Waals surface area contributed by atoms with Crippen LogP contribution in [-0.4, -0.2) is 29.6 Å². The quantitative estimate of drug-likeness (QED) is 0.704. The molecule has 3 saturated carbocycles. The van der Waals surface area contributed by atoms with Crippen LogP contribution in [0.15, 0.2) is 11.6 Å². The molecule has 0 saturated heterocycles. The van der Waals surface area contributed by atoms with Crippen molar-refractivity contribution in [2.45, 2.75) is 79.2 Å². The summed E-state index contributed by atoms with van der Waals surface area (Å²) in [7, 11) is 0. The number of aliphatic hydroxyl groups excluding tert-OH is 1. The van der Waals surface area contributed by atoms with Gasteiger partial charge in [0, 0.05) is 19.3 Å². The van der Waals surface area contributed by atoms with E-state index in [-0.39, 0.29) is 34.6 Å². The van der Waals surface area contributed by atoms with E-state index in [0.29, 0.717) is 42.6 Å². The summed E-state index contributed by atoms with van der Waals surface area (Å²) in [5, 5.41) is 11.5. The molecule has 3 unspecified atom stereocenters. The average Bonchev–Trinajstić information content (AvgIpc) is 3.02. The van der Waals surface area contributed by atoms with E-state index >= 15 is 0 Å². The van der Waals surface area contributed by atoms with E-state index in [1.165, 1.54) is 18.9 Å². The highest BCUT2D eigenvalue weighted by Crippen LogP contribution is 2.68. The molecule has 1 N–H and O–H groups in total. The van der Waals surface area contributed by atoms with Crippen LogP contribution in [-0.2, 0) is 14.3 Å². The van der Waals surface area contributed by atoms with Gasteiger partial charge in [-0.15, -0.1) is 0 Å². The zero-order valence-corrected chi connectivity index (χ0v) is 18.7. The molecule has 4 heteroatoms. The predicted molar refractivity (Wildman–Crippen MR) is 112 cm³/mol. The lowest BCUT2D eigenvalue weighted by atomic mass is 9.44. The second-order valence-electron chi connectivity index (χ2n) is 11.1. The summed E-state index contributed by atoms with van der Waals surface area (Å²) in [5.74, 6) is 2.27. The van der Waals surface area contributed by atoms with Gasteiger partial charge in [-0.2, -0.15) is 0 Å². The lowest BCUT2D eigenvalue weighted by Crippen LogP contribution is -2.58. The first-order valence-corrected chi connectivity index (χ1v) is 11.7. The maximum Gasteiger partial charge on any atom is 0.302 e. The molecule has 0 radical (unpaired) electrons. The van der Waals surface area contributed by atoms with Gasteiger partial charge < -0.3 is 9.84 Å².